The Morgan fingerprint density at radius 1 is 0.862 bits per heavy atom. The van der Waals surface area contributed by atoms with Crippen LogP contribution in [-0.2, 0) is 9.59 Å². The molecule has 2 nitrogen and oxygen atoms in total. The molecular formula is C27H36O2. The van der Waals surface area contributed by atoms with Crippen LogP contribution in [0.25, 0.3) is 0 Å². The molecule has 1 saturated carbocycles. The lowest BCUT2D eigenvalue weighted by molar-refractivity contribution is -0.120. The number of rotatable bonds is 5. The smallest absolute Gasteiger partial charge is 0.166 e. The Hall–Kier alpha value is -2.22. The van der Waals surface area contributed by atoms with Crippen molar-refractivity contribution in [1.82, 2.24) is 0 Å². The van der Waals surface area contributed by atoms with Gasteiger partial charge >= 0.3 is 0 Å². The van der Waals surface area contributed by atoms with Gasteiger partial charge in [0.2, 0.25) is 0 Å². The number of carbonyl (C=O) groups is 2. The molecule has 0 saturated heterocycles. The van der Waals surface area contributed by atoms with Gasteiger partial charge in [-0.2, -0.15) is 0 Å². The van der Waals surface area contributed by atoms with Crippen molar-refractivity contribution in [3.8, 4) is 0 Å². The van der Waals surface area contributed by atoms with Crippen LogP contribution >= 0.6 is 0 Å². The molecule has 0 aromatic heterocycles. The summed E-state index contributed by atoms with van der Waals surface area (Å²) in [6, 6.07) is 0. The molecule has 29 heavy (non-hydrogen) atoms. The number of hydrogen-bond acceptors (Lipinski definition) is 2. The molecule has 2 heteroatoms. The van der Waals surface area contributed by atoms with Crippen molar-refractivity contribution in [1.29, 1.82) is 0 Å². The molecule has 0 aliphatic heterocycles. The predicted octanol–water partition coefficient (Wildman–Crippen LogP) is 7.16. The first-order chi connectivity index (χ1) is 13.7. The van der Waals surface area contributed by atoms with Crippen molar-refractivity contribution in [2.75, 3.05) is 0 Å². The zero-order valence-electron chi connectivity index (χ0n) is 18.8. The van der Waals surface area contributed by atoms with Crippen LogP contribution in [0, 0.1) is 5.41 Å². The zero-order chi connectivity index (χ0) is 21.4. The van der Waals surface area contributed by atoms with Crippen molar-refractivity contribution >= 4 is 11.6 Å². The van der Waals surface area contributed by atoms with Gasteiger partial charge in [0.1, 0.15) is 0 Å². The first kappa shape index (κ1) is 23.1. The highest BCUT2D eigenvalue weighted by atomic mass is 16.1. The number of allylic oxidation sites excluding steroid dienone is 12. The second-order valence-corrected chi connectivity index (χ2v) is 9.08. The highest BCUT2D eigenvalue weighted by Crippen LogP contribution is 2.40. The van der Waals surface area contributed by atoms with Crippen LogP contribution in [0.2, 0.25) is 0 Å². The predicted molar refractivity (Wildman–Crippen MR) is 123 cm³/mol. The summed E-state index contributed by atoms with van der Waals surface area (Å²) in [7, 11) is 0. The van der Waals surface area contributed by atoms with Gasteiger partial charge in [-0.15, -0.1) is 0 Å². The Kier molecular flexibility index (Phi) is 8.37. The van der Waals surface area contributed by atoms with Gasteiger partial charge in [0.15, 0.2) is 11.6 Å². The van der Waals surface area contributed by atoms with E-state index in [0.717, 1.165) is 18.4 Å². The summed E-state index contributed by atoms with van der Waals surface area (Å²) in [6.07, 6.45) is 20.5. The van der Waals surface area contributed by atoms with Crippen LogP contribution in [-0.4, -0.2) is 11.6 Å². The van der Waals surface area contributed by atoms with Gasteiger partial charge in [-0.3, -0.25) is 9.59 Å². The van der Waals surface area contributed by atoms with Crippen LogP contribution in [0.3, 0.4) is 0 Å². The summed E-state index contributed by atoms with van der Waals surface area (Å²) in [6.45, 7) is 11.0. The number of Topliss-reactive ketones (excluding diaryl/α,β-unsaturated/α-hetero) is 2. The zero-order valence-corrected chi connectivity index (χ0v) is 18.8. The molecule has 0 atom stereocenters. The van der Waals surface area contributed by atoms with E-state index < -0.39 is 0 Å². The fraction of sp³-hybridized carbons (Fsp3) is 0.481. The summed E-state index contributed by atoms with van der Waals surface area (Å²) in [4.78, 5) is 24.1. The monoisotopic (exact) mass is 392 g/mol. The summed E-state index contributed by atoms with van der Waals surface area (Å²) >= 11 is 0. The molecule has 0 aromatic rings. The van der Waals surface area contributed by atoms with E-state index in [1.807, 2.05) is 25.2 Å². The molecule has 0 N–H and O–H groups in total. The average Bonchev–Trinajstić information content (AvgIpc) is 2.79. The number of ketones is 2. The molecule has 2 aliphatic rings. The molecule has 0 aromatic carbocycles. The normalized spacial score (nSPS) is 22.0. The van der Waals surface area contributed by atoms with Gasteiger partial charge in [-0.05, 0) is 69.9 Å². The maximum absolute atomic E-state index is 12.1. The second kappa shape index (κ2) is 10.5. The van der Waals surface area contributed by atoms with Crippen LogP contribution in [0.4, 0.5) is 0 Å². The Morgan fingerprint density at radius 3 is 2.10 bits per heavy atom. The quantitative estimate of drug-likeness (QED) is 0.215. The summed E-state index contributed by atoms with van der Waals surface area (Å²) in [5.74, 6) is -0.0340. The SMILES string of the molecule is CC1=C(/C=C/C(C)=C/C=C/C(C)=C/C=C2C(=O)CCCCC2=O)C(C)(C)CCC1. The molecule has 156 valence electrons. The van der Waals surface area contributed by atoms with Crippen LogP contribution < -0.4 is 0 Å². The van der Waals surface area contributed by atoms with E-state index in [-0.39, 0.29) is 17.0 Å². The first-order valence-corrected chi connectivity index (χ1v) is 10.9. The third-order valence-electron chi connectivity index (χ3n) is 5.94. The van der Waals surface area contributed by atoms with Gasteiger partial charge in [-0.25, -0.2) is 0 Å². The van der Waals surface area contributed by atoms with Crippen LogP contribution in [0.15, 0.2) is 70.4 Å². The molecule has 0 amide bonds. The Morgan fingerprint density at radius 2 is 1.48 bits per heavy atom. The molecular weight excluding hydrogens is 356 g/mol. The summed E-state index contributed by atoms with van der Waals surface area (Å²) < 4.78 is 0. The topological polar surface area (TPSA) is 34.1 Å². The van der Waals surface area contributed by atoms with E-state index in [0.29, 0.717) is 18.4 Å². The third kappa shape index (κ3) is 6.96. The maximum Gasteiger partial charge on any atom is 0.166 e. The van der Waals surface area contributed by atoms with Crippen molar-refractivity contribution in [3.05, 3.63) is 70.4 Å². The lowest BCUT2D eigenvalue weighted by atomic mass is 9.72. The van der Waals surface area contributed by atoms with Gasteiger partial charge in [0, 0.05) is 12.8 Å². The van der Waals surface area contributed by atoms with Crippen molar-refractivity contribution in [2.24, 2.45) is 5.41 Å². The van der Waals surface area contributed by atoms with E-state index >= 15 is 0 Å². The summed E-state index contributed by atoms with van der Waals surface area (Å²) in [5.41, 5.74) is 5.82. The standard InChI is InChI=1S/C27H36O2/c1-20(15-17-23-25(28)13-6-7-14-26(23)29)10-8-11-21(2)16-18-24-22(3)12-9-19-27(24,4)5/h8,10-11,15-18H,6-7,9,12-14,19H2,1-5H3/b10-8+,18-16+,20-15+,21-11+. The molecule has 0 spiro atoms. The Balaban J connectivity index is 2.04. The van der Waals surface area contributed by atoms with E-state index in [1.165, 1.54) is 36.0 Å². The van der Waals surface area contributed by atoms with Gasteiger partial charge in [0.25, 0.3) is 0 Å². The van der Waals surface area contributed by atoms with E-state index in [2.05, 4.69) is 45.9 Å². The highest BCUT2D eigenvalue weighted by Gasteiger charge is 2.26. The molecule has 0 heterocycles. The van der Waals surface area contributed by atoms with E-state index in [1.54, 1.807) is 6.08 Å². The first-order valence-electron chi connectivity index (χ1n) is 10.9. The minimum Gasteiger partial charge on any atom is -0.294 e. The van der Waals surface area contributed by atoms with Crippen molar-refractivity contribution in [2.45, 2.75) is 79.6 Å². The van der Waals surface area contributed by atoms with E-state index in [9.17, 15) is 9.59 Å². The Labute approximate surface area is 176 Å². The Bertz CT molecular complexity index is 803. The lowest BCUT2D eigenvalue weighted by Crippen LogP contribution is -2.19. The minimum atomic E-state index is -0.0170. The van der Waals surface area contributed by atoms with Gasteiger partial charge < -0.3 is 0 Å². The summed E-state index contributed by atoms with van der Waals surface area (Å²) in [5, 5.41) is 0. The molecule has 2 aliphatic carbocycles. The highest BCUT2D eigenvalue weighted by molar-refractivity contribution is 6.20. The second-order valence-electron chi connectivity index (χ2n) is 9.08. The molecule has 0 unspecified atom stereocenters. The molecule has 1 fully saturated rings. The van der Waals surface area contributed by atoms with Crippen molar-refractivity contribution < 1.29 is 9.59 Å². The maximum atomic E-state index is 12.1. The third-order valence-corrected chi connectivity index (χ3v) is 5.94. The van der Waals surface area contributed by atoms with E-state index in [4.69, 9.17) is 0 Å². The number of hydrogen-bond donors (Lipinski definition) is 0. The van der Waals surface area contributed by atoms with Gasteiger partial charge in [0.05, 0.1) is 5.57 Å². The molecule has 2 rings (SSSR count). The van der Waals surface area contributed by atoms with Crippen LogP contribution in [0.1, 0.15) is 79.6 Å². The van der Waals surface area contributed by atoms with Crippen LogP contribution in [0.5, 0.6) is 0 Å². The number of carbonyl (C=O) groups excluding carboxylic acids is 2. The average molecular weight is 393 g/mol. The molecule has 0 bridgehead atoms. The largest absolute Gasteiger partial charge is 0.294 e. The fourth-order valence-electron chi connectivity index (χ4n) is 4.08. The fourth-order valence-corrected chi connectivity index (χ4v) is 4.08. The lowest BCUT2D eigenvalue weighted by Gasteiger charge is -2.32. The molecule has 0 radical (unpaired) electrons. The van der Waals surface area contributed by atoms with Gasteiger partial charge in [-0.1, -0.05) is 67.0 Å². The van der Waals surface area contributed by atoms with Crippen molar-refractivity contribution in [3.63, 3.8) is 0 Å². The minimum absolute atomic E-state index is 0.0170.